The Balaban J connectivity index is 2.31. The molecule has 15 heavy (non-hydrogen) atoms. The van der Waals surface area contributed by atoms with Crippen LogP contribution in [0.15, 0.2) is 25.3 Å². The zero-order valence-electron chi connectivity index (χ0n) is 9.54. The fourth-order valence-electron chi connectivity index (χ4n) is 1.94. The average molecular weight is 210 g/mol. The van der Waals surface area contributed by atoms with Crippen molar-refractivity contribution in [3.63, 3.8) is 0 Å². The lowest BCUT2D eigenvalue weighted by Gasteiger charge is -2.27. The molecular weight excluding hydrogens is 188 g/mol. The predicted molar refractivity (Wildman–Crippen MR) is 62.7 cm³/mol. The summed E-state index contributed by atoms with van der Waals surface area (Å²) in [5.41, 5.74) is 0. The SMILES string of the molecule is C=CCCCC1(CCCC=C)OCCO1. The second kappa shape index (κ2) is 6.81. The van der Waals surface area contributed by atoms with Crippen LogP contribution in [0.3, 0.4) is 0 Å². The molecule has 1 fully saturated rings. The topological polar surface area (TPSA) is 18.5 Å². The molecule has 0 unspecified atom stereocenters. The summed E-state index contributed by atoms with van der Waals surface area (Å²) >= 11 is 0. The van der Waals surface area contributed by atoms with Crippen LogP contribution in [0.5, 0.6) is 0 Å². The third kappa shape index (κ3) is 4.18. The number of ether oxygens (including phenoxy) is 2. The van der Waals surface area contributed by atoms with Gasteiger partial charge >= 0.3 is 0 Å². The van der Waals surface area contributed by atoms with Crippen LogP contribution in [-0.2, 0) is 9.47 Å². The average Bonchev–Trinajstić information content (AvgIpc) is 2.68. The van der Waals surface area contributed by atoms with E-state index in [1.165, 1.54) is 0 Å². The Morgan fingerprint density at radius 2 is 1.40 bits per heavy atom. The van der Waals surface area contributed by atoms with E-state index >= 15 is 0 Å². The molecule has 0 N–H and O–H groups in total. The van der Waals surface area contributed by atoms with Gasteiger partial charge in [0.15, 0.2) is 5.79 Å². The standard InChI is InChI=1S/C13H22O2/c1-3-5-7-9-13(10-8-6-4-2)14-11-12-15-13/h3-4H,1-2,5-12H2. The minimum Gasteiger partial charge on any atom is -0.348 e. The van der Waals surface area contributed by atoms with Crippen molar-refractivity contribution in [3.8, 4) is 0 Å². The lowest BCUT2D eigenvalue weighted by atomic mass is 10.0. The predicted octanol–water partition coefficient (Wildman–Crippen LogP) is 3.44. The van der Waals surface area contributed by atoms with Gasteiger partial charge in [0.2, 0.25) is 0 Å². The van der Waals surface area contributed by atoms with E-state index in [-0.39, 0.29) is 5.79 Å². The number of allylic oxidation sites excluding steroid dienone is 2. The van der Waals surface area contributed by atoms with Crippen molar-refractivity contribution in [2.24, 2.45) is 0 Å². The van der Waals surface area contributed by atoms with Crippen LogP contribution in [0.2, 0.25) is 0 Å². The van der Waals surface area contributed by atoms with Crippen LogP contribution in [-0.4, -0.2) is 19.0 Å². The van der Waals surface area contributed by atoms with Gasteiger partial charge in [0.1, 0.15) is 0 Å². The highest BCUT2D eigenvalue weighted by Crippen LogP contribution is 2.31. The van der Waals surface area contributed by atoms with Crippen molar-refractivity contribution in [2.75, 3.05) is 13.2 Å². The Bertz CT molecular complexity index is 177. The number of hydrogen-bond donors (Lipinski definition) is 0. The zero-order chi connectivity index (χ0) is 11.0. The first kappa shape index (κ1) is 12.5. The first-order valence-electron chi connectivity index (χ1n) is 5.83. The minimum atomic E-state index is -0.300. The normalized spacial score (nSPS) is 18.9. The van der Waals surface area contributed by atoms with Gasteiger partial charge in [0, 0.05) is 12.8 Å². The molecule has 0 bridgehead atoms. The van der Waals surface area contributed by atoms with Crippen LogP contribution in [0.1, 0.15) is 38.5 Å². The third-order valence-electron chi connectivity index (χ3n) is 2.75. The largest absolute Gasteiger partial charge is 0.348 e. The Labute approximate surface area is 93.0 Å². The van der Waals surface area contributed by atoms with Gasteiger partial charge in [-0.25, -0.2) is 0 Å². The maximum absolute atomic E-state index is 5.74. The Morgan fingerprint density at radius 3 is 1.80 bits per heavy atom. The molecule has 2 nitrogen and oxygen atoms in total. The van der Waals surface area contributed by atoms with Crippen molar-refractivity contribution in [3.05, 3.63) is 25.3 Å². The van der Waals surface area contributed by atoms with Crippen molar-refractivity contribution >= 4 is 0 Å². The van der Waals surface area contributed by atoms with E-state index < -0.39 is 0 Å². The van der Waals surface area contributed by atoms with E-state index in [0.717, 1.165) is 51.7 Å². The Morgan fingerprint density at radius 1 is 0.933 bits per heavy atom. The Hall–Kier alpha value is -0.600. The van der Waals surface area contributed by atoms with Gasteiger partial charge in [-0.15, -0.1) is 13.2 Å². The van der Waals surface area contributed by atoms with E-state index in [1.54, 1.807) is 0 Å². The maximum atomic E-state index is 5.74. The summed E-state index contributed by atoms with van der Waals surface area (Å²) in [5.74, 6) is -0.300. The molecule has 1 rings (SSSR count). The van der Waals surface area contributed by atoms with Crippen molar-refractivity contribution in [1.29, 1.82) is 0 Å². The van der Waals surface area contributed by atoms with Crippen LogP contribution < -0.4 is 0 Å². The molecule has 0 aromatic carbocycles. The minimum absolute atomic E-state index is 0.300. The van der Waals surface area contributed by atoms with Gasteiger partial charge in [0.05, 0.1) is 13.2 Å². The van der Waals surface area contributed by atoms with E-state index in [9.17, 15) is 0 Å². The van der Waals surface area contributed by atoms with Gasteiger partial charge in [-0.05, 0) is 25.7 Å². The molecule has 1 aliphatic heterocycles. The highest BCUT2D eigenvalue weighted by molar-refractivity contribution is 4.78. The number of unbranched alkanes of at least 4 members (excludes halogenated alkanes) is 2. The second-order valence-corrected chi connectivity index (χ2v) is 3.97. The van der Waals surface area contributed by atoms with Gasteiger partial charge in [-0.3, -0.25) is 0 Å². The lowest BCUT2D eigenvalue weighted by Crippen LogP contribution is -2.29. The molecule has 0 radical (unpaired) electrons. The quantitative estimate of drug-likeness (QED) is 0.451. The second-order valence-electron chi connectivity index (χ2n) is 3.97. The molecule has 0 aliphatic carbocycles. The molecule has 1 heterocycles. The molecule has 1 saturated heterocycles. The van der Waals surface area contributed by atoms with Crippen LogP contribution in [0.4, 0.5) is 0 Å². The van der Waals surface area contributed by atoms with Gasteiger partial charge < -0.3 is 9.47 Å². The fourth-order valence-corrected chi connectivity index (χ4v) is 1.94. The molecule has 0 saturated carbocycles. The first-order chi connectivity index (χ1) is 7.33. The highest BCUT2D eigenvalue weighted by Gasteiger charge is 2.34. The number of hydrogen-bond acceptors (Lipinski definition) is 2. The van der Waals surface area contributed by atoms with Gasteiger partial charge in [-0.2, -0.15) is 0 Å². The molecular formula is C13H22O2. The smallest absolute Gasteiger partial charge is 0.168 e. The Kier molecular flexibility index (Phi) is 5.66. The summed E-state index contributed by atoms with van der Waals surface area (Å²) in [7, 11) is 0. The van der Waals surface area contributed by atoms with Gasteiger partial charge in [-0.1, -0.05) is 12.2 Å². The maximum Gasteiger partial charge on any atom is 0.168 e. The van der Waals surface area contributed by atoms with Crippen molar-refractivity contribution in [1.82, 2.24) is 0 Å². The lowest BCUT2D eigenvalue weighted by molar-refractivity contribution is -0.168. The summed E-state index contributed by atoms with van der Waals surface area (Å²) in [6.07, 6.45) is 10.1. The van der Waals surface area contributed by atoms with Crippen LogP contribution in [0, 0.1) is 0 Å². The monoisotopic (exact) mass is 210 g/mol. The van der Waals surface area contributed by atoms with Gasteiger partial charge in [0.25, 0.3) is 0 Å². The van der Waals surface area contributed by atoms with E-state index in [0.29, 0.717) is 0 Å². The summed E-state index contributed by atoms with van der Waals surface area (Å²) in [6, 6.07) is 0. The summed E-state index contributed by atoms with van der Waals surface area (Å²) in [5, 5.41) is 0. The number of rotatable bonds is 8. The molecule has 0 spiro atoms. The fraction of sp³-hybridized carbons (Fsp3) is 0.692. The molecule has 0 aromatic heterocycles. The van der Waals surface area contributed by atoms with Crippen molar-refractivity contribution < 1.29 is 9.47 Å². The molecule has 2 heteroatoms. The molecule has 0 aromatic rings. The molecule has 0 atom stereocenters. The molecule has 86 valence electrons. The zero-order valence-corrected chi connectivity index (χ0v) is 9.54. The summed E-state index contributed by atoms with van der Waals surface area (Å²) < 4.78 is 11.5. The molecule has 0 amide bonds. The van der Waals surface area contributed by atoms with E-state index in [1.807, 2.05) is 12.2 Å². The third-order valence-corrected chi connectivity index (χ3v) is 2.75. The summed E-state index contributed by atoms with van der Waals surface area (Å²) in [6.45, 7) is 8.93. The van der Waals surface area contributed by atoms with Crippen molar-refractivity contribution in [2.45, 2.75) is 44.3 Å². The summed E-state index contributed by atoms with van der Waals surface area (Å²) in [4.78, 5) is 0. The van der Waals surface area contributed by atoms with Crippen LogP contribution in [0.25, 0.3) is 0 Å². The first-order valence-corrected chi connectivity index (χ1v) is 5.83. The van der Waals surface area contributed by atoms with Crippen LogP contribution >= 0.6 is 0 Å². The molecule has 1 aliphatic rings. The highest BCUT2D eigenvalue weighted by atomic mass is 16.7. The van der Waals surface area contributed by atoms with E-state index in [4.69, 9.17) is 9.47 Å². The van der Waals surface area contributed by atoms with E-state index in [2.05, 4.69) is 13.2 Å².